The topological polar surface area (TPSA) is 53.2 Å². The van der Waals surface area contributed by atoms with E-state index < -0.39 is 62.9 Å². The summed E-state index contributed by atoms with van der Waals surface area (Å²) in [5.74, 6) is 0. The van der Waals surface area contributed by atoms with Crippen molar-refractivity contribution in [3.05, 3.63) is 64.8 Å². The maximum atomic E-state index is 14.1. The SMILES string of the molecule is O=S(=O)(c1cc(C(F)(F)F)cc(C(F)(F)F)c1)N1CCc2c([nH]c3ccccc23)[C@@H]1C(F)(F)F. The van der Waals surface area contributed by atoms with E-state index in [0.717, 1.165) is 0 Å². The van der Waals surface area contributed by atoms with Crippen LogP contribution in [0.4, 0.5) is 39.5 Å². The number of halogens is 9. The van der Waals surface area contributed by atoms with E-state index in [1.165, 1.54) is 18.2 Å². The first-order chi connectivity index (χ1) is 15.5. The Morgan fingerprint density at radius 2 is 1.41 bits per heavy atom. The standard InChI is InChI=1S/C20H13F9N2O2S/c21-18(22,23)10-7-11(19(24,25)26)9-12(8-10)34(32,33)31-6-5-14-13-3-1-2-4-15(13)30-16(14)17(31)20(27,28)29/h1-4,7-9,17,30H,5-6H2/t17-/m1/s1. The lowest BCUT2D eigenvalue weighted by atomic mass is 9.99. The van der Waals surface area contributed by atoms with Crippen LogP contribution in [0, 0.1) is 0 Å². The predicted octanol–water partition coefficient (Wildman–Crippen LogP) is 6.06. The van der Waals surface area contributed by atoms with Crippen molar-refractivity contribution in [2.75, 3.05) is 6.54 Å². The molecule has 14 heteroatoms. The Morgan fingerprint density at radius 3 is 1.94 bits per heavy atom. The van der Waals surface area contributed by atoms with Crippen LogP contribution in [0.15, 0.2) is 47.4 Å². The summed E-state index contributed by atoms with van der Waals surface area (Å²) in [6.45, 7) is -0.807. The summed E-state index contributed by atoms with van der Waals surface area (Å²) in [5, 5.41) is 0.405. The van der Waals surface area contributed by atoms with Gasteiger partial charge in [0, 0.05) is 23.1 Å². The third-order valence-corrected chi connectivity index (χ3v) is 7.31. The molecule has 0 spiro atoms. The number of alkyl halides is 9. The van der Waals surface area contributed by atoms with E-state index in [1.54, 1.807) is 6.07 Å². The van der Waals surface area contributed by atoms with Crippen LogP contribution < -0.4 is 0 Å². The molecule has 0 bridgehead atoms. The average molecular weight is 516 g/mol. The largest absolute Gasteiger partial charge is 0.416 e. The second-order valence-electron chi connectivity index (χ2n) is 7.61. The molecular weight excluding hydrogens is 503 g/mol. The van der Waals surface area contributed by atoms with Crippen LogP contribution in [0.5, 0.6) is 0 Å². The lowest BCUT2D eigenvalue weighted by Crippen LogP contribution is -2.46. The normalized spacial score (nSPS) is 18.3. The molecule has 34 heavy (non-hydrogen) atoms. The number of hydrogen-bond donors (Lipinski definition) is 1. The first-order valence-corrected chi connectivity index (χ1v) is 10.9. The molecule has 0 aliphatic carbocycles. The molecule has 1 aliphatic rings. The Kier molecular flexibility index (Phi) is 5.47. The van der Waals surface area contributed by atoms with Gasteiger partial charge in [0.15, 0.2) is 6.04 Å². The summed E-state index contributed by atoms with van der Waals surface area (Å²) < 4.78 is 148. The molecule has 0 amide bonds. The molecule has 3 aromatic rings. The maximum Gasteiger partial charge on any atom is 0.416 e. The predicted molar refractivity (Wildman–Crippen MR) is 101 cm³/mol. The van der Waals surface area contributed by atoms with Gasteiger partial charge in [0.25, 0.3) is 0 Å². The molecule has 0 saturated carbocycles. The van der Waals surface area contributed by atoms with Gasteiger partial charge in [-0.2, -0.15) is 43.8 Å². The molecule has 0 fully saturated rings. The Hall–Kier alpha value is -2.74. The molecule has 1 aliphatic heterocycles. The molecule has 2 heterocycles. The number of rotatable bonds is 2. The highest BCUT2D eigenvalue weighted by molar-refractivity contribution is 7.89. The fourth-order valence-corrected chi connectivity index (χ4v) is 5.67. The lowest BCUT2D eigenvalue weighted by Gasteiger charge is -2.36. The highest BCUT2D eigenvalue weighted by atomic mass is 32.2. The summed E-state index contributed by atoms with van der Waals surface area (Å²) in [4.78, 5) is 0.973. The van der Waals surface area contributed by atoms with E-state index in [2.05, 4.69) is 4.98 Å². The number of nitrogens with one attached hydrogen (secondary N) is 1. The second kappa shape index (κ2) is 7.63. The highest BCUT2D eigenvalue weighted by Crippen LogP contribution is 2.46. The van der Waals surface area contributed by atoms with Crippen LogP contribution in [-0.2, 0) is 28.8 Å². The first kappa shape index (κ1) is 24.4. The van der Waals surface area contributed by atoms with E-state index in [4.69, 9.17) is 0 Å². The van der Waals surface area contributed by atoms with Crippen molar-refractivity contribution in [3.8, 4) is 0 Å². The number of nitrogens with zero attached hydrogens (tertiary/aromatic N) is 1. The Balaban J connectivity index is 1.91. The molecule has 0 radical (unpaired) electrons. The van der Waals surface area contributed by atoms with E-state index in [9.17, 15) is 47.9 Å². The van der Waals surface area contributed by atoms with Crippen molar-refractivity contribution in [3.63, 3.8) is 0 Å². The maximum absolute atomic E-state index is 14.1. The van der Waals surface area contributed by atoms with Crippen molar-refractivity contribution >= 4 is 20.9 Å². The summed E-state index contributed by atoms with van der Waals surface area (Å²) in [5.41, 5.74) is -3.99. The monoisotopic (exact) mass is 516 g/mol. The molecule has 0 unspecified atom stereocenters. The zero-order valence-corrected chi connectivity index (χ0v) is 17.4. The van der Waals surface area contributed by atoms with Crippen LogP contribution in [0.3, 0.4) is 0 Å². The smallest absolute Gasteiger partial charge is 0.357 e. The van der Waals surface area contributed by atoms with Gasteiger partial charge in [0.1, 0.15) is 0 Å². The fraction of sp³-hybridized carbons (Fsp3) is 0.300. The van der Waals surface area contributed by atoms with Gasteiger partial charge < -0.3 is 4.98 Å². The van der Waals surface area contributed by atoms with Crippen LogP contribution in [0.2, 0.25) is 0 Å². The van der Waals surface area contributed by atoms with Gasteiger partial charge in [-0.15, -0.1) is 0 Å². The van der Waals surface area contributed by atoms with Gasteiger partial charge in [0.05, 0.1) is 16.0 Å². The summed E-state index contributed by atoms with van der Waals surface area (Å²) >= 11 is 0. The third kappa shape index (κ3) is 4.13. The zero-order chi connectivity index (χ0) is 25.3. The second-order valence-corrected chi connectivity index (χ2v) is 9.50. The van der Waals surface area contributed by atoms with E-state index in [1.807, 2.05) is 0 Å². The molecule has 1 aromatic heterocycles. The quantitative estimate of drug-likeness (QED) is 0.422. The Morgan fingerprint density at radius 1 is 0.853 bits per heavy atom. The summed E-state index contributed by atoms with van der Waals surface area (Å²) in [7, 11) is -5.45. The summed E-state index contributed by atoms with van der Waals surface area (Å²) in [6.07, 6.45) is -16.2. The molecule has 4 rings (SSSR count). The van der Waals surface area contributed by atoms with Crippen LogP contribution in [0.25, 0.3) is 10.9 Å². The minimum absolute atomic E-state index is 0.0985. The van der Waals surface area contributed by atoms with Gasteiger partial charge in [-0.25, -0.2) is 8.42 Å². The van der Waals surface area contributed by atoms with Crippen molar-refractivity contribution in [2.24, 2.45) is 0 Å². The number of fused-ring (bicyclic) bond motifs is 3. The average Bonchev–Trinajstić information content (AvgIpc) is 3.09. The van der Waals surface area contributed by atoms with E-state index >= 15 is 0 Å². The van der Waals surface area contributed by atoms with Gasteiger partial charge >= 0.3 is 18.5 Å². The van der Waals surface area contributed by atoms with Crippen molar-refractivity contribution in [1.29, 1.82) is 0 Å². The molecule has 4 nitrogen and oxygen atoms in total. The van der Waals surface area contributed by atoms with E-state index in [0.29, 0.717) is 5.39 Å². The third-order valence-electron chi connectivity index (χ3n) is 5.47. The molecule has 0 saturated heterocycles. The van der Waals surface area contributed by atoms with Gasteiger partial charge in [-0.05, 0) is 36.2 Å². The number of sulfonamides is 1. The first-order valence-electron chi connectivity index (χ1n) is 9.49. The molecule has 1 N–H and O–H groups in total. The van der Waals surface area contributed by atoms with Crippen LogP contribution in [-0.4, -0.2) is 30.4 Å². The number of aromatic amines is 1. The van der Waals surface area contributed by atoms with Crippen LogP contribution >= 0.6 is 0 Å². The highest BCUT2D eigenvalue weighted by Gasteiger charge is 2.53. The molecular formula is C20H13F9N2O2S. The van der Waals surface area contributed by atoms with Gasteiger partial charge in [-0.3, -0.25) is 0 Å². The van der Waals surface area contributed by atoms with Crippen molar-refractivity contribution < 1.29 is 47.9 Å². The van der Waals surface area contributed by atoms with Crippen LogP contribution in [0.1, 0.15) is 28.4 Å². The Bertz CT molecular complexity index is 1320. The summed E-state index contributed by atoms with van der Waals surface area (Å²) in [6, 6.07) is 2.74. The number of para-hydroxylation sites is 1. The number of benzene rings is 2. The van der Waals surface area contributed by atoms with Gasteiger partial charge in [-0.1, -0.05) is 18.2 Å². The number of hydrogen-bond acceptors (Lipinski definition) is 2. The number of H-pyrrole nitrogens is 1. The minimum Gasteiger partial charge on any atom is -0.357 e. The minimum atomic E-state index is -5.45. The number of aromatic nitrogens is 1. The molecule has 1 atom stereocenters. The Labute approximate surface area is 186 Å². The zero-order valence-electron chi connectivity index (χ0n) is 16.6. The van der Waals surface area contributed by atoms with Crippen molar-refractivity contribution in [2.45, 2.75) is 35.9 Å². The molecule has 184 valence electrons. The lowest BCUT2D eigenvalue weighted by molar-refractivity contribution is -0.176. The van der Waals surface area contributed by atoms with E-state index in [-0.39, 0.29) is 40.0 Å². The fourth-order valence-electron chi connectivity index (χ4n) is 4.02. The van der Waals surface area contributed by atoms with Gasteiger partial charge in [0.2, 0.25) is 10.0 Å². The van der Waals surface area contributed by atoms with Crippen molar-refractivity contribution in [1.82, 2.24) is 9.29 Å². The molecule has 2 aromatic carbocycles.